The van der Waals surface area contributed by atoms with E-state index in [9.17, 15) is 4.79 Å². The van der Waals surface area contributed by atoms with Crippen molar-refractivity contribution in [3.8, 4) is 0 Å². The van der Waals surface area contributed by atoms with E-state index in [2.05, 4.69) is 10.4 Å². The largest absolute Gasteiger partial charge is 0.337 e. The number of carbonyl (C=O) groups is 1. The molecule has 20 heavy (non-hydrogen) atoms. The van der Waals surface area contributed by atoms with Gasteiger partial charge in [0.2, 0.25) is 0 Å². The van der Waals surface area contributed by atoms with Crippen molar-refractivity contribution in [2.75, 3.05) is 7.05 Å². The van der Waals surface area contributed by atoms with E-state index in [1.54, 1.807) is 15.8 Å². The van der Waals surface area contributed by atoms with Crippen molar-refractivity contribution in [1.82, 2.24) is 20.0 Å². The van der Waals surface area contributed by atoms with E-state index in [4.69, 9.17) is 0 Å². The maximum Gasteiger partial charge on any atom is 0.253 e. The summed E-state index contributed by atoms with van der Waals surface area (Å²) in [4.78, 5) is 14.2. The van der Waals surface area contributed by atoms with Crippen LogP contribution in [0.5, 0.6) is 0 Å². The van der Waals surface area contributed by atoms with Gasteiger partial charge in [0.15, 0.2) is 0 Å². The number of hydrogen-bond acceptors (Lipinski definition) is 3. The highest BCUT2D eigenvalue weighted by Gasteiger charge is 2.16. The summed E-state index contributed by atoms with van der Waals surface area (Å²) in [7, 11) is 3.69. The van der Waals surface area contributed by atoms with Crippen LogP contribution in [0, 0.1) is 0 Å². The van der Waals surface area contributed by atoms with E-state index in [0.29, 0.717) is 6.54 Å². The van der Waals surface area contributed by atoms with Crippen molar-refractivity contribution in [2.24, 2.45) is 7.05 Å². The standard InChI is InChI=1S/C15H18N4O/c1-18(9-11-6-17-19(2)10-11)15(20)12-3-4-13-7-16-8-14(13)5-12/h3-6,10,16H,7-9H2,1-2H3. The molecule has 0 spiro atoms. The highest BCUT2D eigenvalue weighted by atomic mass is 16.2. The predicted molar refractivity (Wildman–Crippen MR) is 76.0 cm³/mol. The van der Waals surface area contributed by atoms with E-state index in [-0.39, 0.29) is 5.91 Å². The molecule has 1 aromatic heterocycles. The van der Waals surface area contributed by atoms with Crippen molar-refractivity contribution in [2.45, 2.75) is 19.6 Å². The Labute approximate surface area is 118 Å². The minimum absolute atomic E-state index is 0.0450. The predicted octanol–water partition coefficient (Wildman–Crippen LogP) is 1.30. The third-order valence-corrected chi connectivity index (χ3v) is 3.61. The van der Waals surface area contributed by atoms with Gasteiger partial charge in [-0.1, -0.05) is 6.07 Å². The van der Waals surface area contributed by atoms with Gasteiger partial charge in [-0.05, 0) is 23.3 Å². The lowest BCUT2D eigenvalue weighted by atomic mass is 10.1. The molecule has 104 valence electrons. The molecule has 0 fully saturated rings. The molecular weight excluding hydrogens is 252 g/mol. The highest BCUT2D eigenvalue weighted by Crippen LogP contribution is 2.18. The molecule has 2 heterocycles. The van der Waals surface area contributed by atoms with Gasteiger partial charge in [0.05, 0.1) is 6.20 Å². The van der Waals surface area contributed by atoms with E-state index in [0.717, 1.165) is 24.2 Å². The fourth-order valence-electron chi connectivity index (χ4n) is 2.55. The molecule has 0 saturated carbocycles. The number of carbonyl (C=O) groups excluding carboxylic acids is 1. The molecule has 1 aliphatic rings. The molecule has 5 heteroatoms. The Bertz CT molecular complexity index is 647. The van der Waals surface area contributed by atoms with Gasteiger partial charge in [-0.3, -0.25) is 9.48 Å². The fraction of sp³-hybridized carbons (Fsp3) is 0.333. The minimum atomic E-state index is 0.0450. The number of nitrogens with zero attached hydrogens (tertiary/aromatic N) is 3. The minimum Gasteiger partial charge on any atom is -0.337 e. The van der Waals surface area contributed by atoms with Gasteiger partial charge in [-0.25, -0.2) is 0 Å². The quantitative estimate of drug-likeness (QED) is 0.914. The number of aryl methyl sites for hydroxylation is 1. The summed E-state index contributed by atoms with van der Waals surface area (Å²) in [6.45, 7) is 2.32. The first-order valence-electron chi connectivity index (χ1n) is 6.69. The molecule has 2 aromatic rings. The number of nitrogens with one attached hydrogen (secondary N) is 1. The van der Waals surface area contributed by atoms with Gasteiger partial charge in [0.1, 0.15) is 0 Å². The second-order valence-corrected chi connectivity index (χ2v) is 5.27. The Morgan fingerprint density at radius 2 is 2.20 bits per heavy atom. The smallest absolute Gasteiger partial charge is 0.253 e. The maximum atomic E-state index is 12.4. The molecule has 0 bridgehead atoms. The molecule has 1 aromatic carbocycles. The van der Waals surface area contributed by atoms with Crippen LogP contribution in [0.3, 0.4) is 0 Å². The molecule has 0 saturated heterocycles. The van der Waals surface area contributed by atoms with Gasteiger partial charge in [-0.2, -0.15) is 5.10 Å². The first kappa shape index (κ1) is 12.9. The van der Waals surface area contributed by atoms with Crippen LogP contribution in [0.25, 0.3) is 0 Å². The van der Waals surface area contributed by atoms with Gasteiger partial charge in [-0.15, -0.1) is 0 Å². The summed E-state index contributed by atoms with van der Waals surface area (Å²) in [5.41, 5.74) is 4.30. The first-order valence-corrected chi connectivity index (χ1v) is 6.69. The fourth-order valence-corrected chi connectivity index (χ4v) is 2.55. The summed E-state index contributed by atoms with van der Waals surface area (Å²) >= 11 is 0. The molecule has 3 rings (SSSR count). The van der Waals surface area contributed by atoms with Gasteiger partial charge >= 0.3 is 0 Å². The molecule has 1 amide bonds. The third kappa shape index (κ3) is 2.44. The Hall–Kier alpha value is -2.14. The zero-order chi connectivity index (χ0) is 14.1. The number of benzene rings is 1. The summed E-state index contributed by atoms with van der Waals surface area (Å²) in [5.74, 6) is 0.0450. The average Bonchev–Trinajstić information content (AvgIpc) is 3.05. The highest BCUT2D eigenvalue weighted by molar-refractivity contribution is 5.94. The zero-order valence-electron chi connectivity index (χ0n) is 11.8. The van der Waals surface area contributed by atoms with Crippen LogP contribution in [0.15, 0.2) is 30.6 Å². The van der Waals surface area contributed by atoms with Gasteiger partial charge in [0, 0.05) is 51.1 Å². The summed E-state index contributed by atoms with van der Waals surface area (Å²) in [6, 6.07) is 5.95. The van der Waals surface area contributed by atoms with Crippen LogP contribution < -0.4 is 5.32 Å². The molecule has 0 unspecified atom stereocenters. The normalized spacial score (nSPS) is 13.3. The van der Waals surface area contributed by atoms with Crippen molar-refractivity contribution in [3.63, 3.8) is 0 Å². The van der Waals surface area contributed by atoms with Crippen molar-refractivity contribution >= 4 is 5.91 Å². The van der Waals surface area contributed by atoms with E-state index in [1.165, 1.54) is 11.1 Å². The van der Waals surface area contributed by atoms with Crippen molar-refractivity contribution in [1.29, 1.82) is 0 Å². The van der Waals surface area contributed by atoms with Crippen LogP contribution in [0.1, 0.15) is 27.0 Å². The number of aromatic nitrogens is 2. The molecular formula is C15H18N4O. The molecule has 0 aliphatic carbocycles. The lowest BCUT2D eigenvalue weighted by molar-refractivity contribution is 0.0785. The van der Waals surface area contributed by atoms with Crippen LogP contribution in [-0.2, 0) is 26.7 Å². The van der Waals surface area contributed by atoms with Crippen LogP contribution >= 0.6 is 0 Å². The Morgan fingerprint density at radius 1 is 1.40 bits per heavy atom. The number of fused-ring (bicyclic) bond motifs is 1. The molecule has 1 N–H and O–H groups in total. The molecule has 5 nitrogen and oxygen atoms in total. The lowest BCUT2D eigenvalue weighted by Crippen LogP contribution is -2.26. The molecule has 1 aliphatic heterocycles. The topological polar surface area (TPSA) is 50.2 Å². The SMILES string of the molecule is CN(Cc1cnn(C)c1)C(=O)c1ccc2c(c1)CNC2. The maximum absolute atomic E-state index is 12.4. The van der Waals surface area contributed by atoms with Gasteiger partial charge in [0.25, 0.3) is 5.91 Å². The molecule has 0 radical (unpaired) electrons. The van der Waals surface area contributed by atoms with Crippen molar-refractivity contribution in [3.05, 3.63) is 52.8 Å². The monoisotopic (exact) mass is 270 g/mol. The summed E-state index contributed by atoms with van der Waals surface area (Å²) in [6.07, 6.45) is 3.72. The van der Waals surface area contributed by atoms with Crippen LogP contribution in [0.2, 0.25) is 0 Å². The lowest BCUT2D eigenvalue weighted by Gasteiger charge is -2.16. The Morgan fingerprint density at radius 3 is 2.95 bits per heavy atom. The average molecular weight is 270 g/mol. The zero-order valence-corrected chi connectivity index (χ0v) is 11.8. The second kappa shape index (κ2) is 5.09. The van der Waals surface area contributed by atoms with Crippen LogP contribution in [0.4, 0.5) is 0 Å². The molecule has 0 atom stereocenters. The van der Waals surface area contributed by atoms with E-state index in [1.807, 2.05) is 38.5 Å². The number of amides is 1. The summed E-state index contributed by atoms with van der Waals surface area (Å²) in [5, 5.41) is 7.41. The van der Waals surface area contributed by atoms with Gasteiger partial charge < -0.3 is 10.2 Å². The second-order valence-electron chi connectivity index (χ2n) is 5.27. The van der Waals surface area contributed by atoms with E-state index >= 15 is 0 Å². The first-order chi connectivity index (χ1) is 9.63. The van der Waals surface area contributed by atoms with E-state index < -0.39 is 0 Å². The summed E-state index contributed by atoms with van der Waals surface area (Å²) < 4.78 is 1.74. The Kier molecular flexibility index (Phi) is 3.28. The number of hydrogen-bond donors (Lipinski definition) is 1. The Balaban J connectivity index is 1.74. The number of rotatable bonds is 3. The van der Waals surface area contributed by atoms with Crippen LogP contribution in [-0.4, -0.2) is 27.6 Å². The third-order valence-electron chi connectivity index (χ3n) is 3.61. The van der Waals surface area contributed by atoms with Crippen molar-refractivity contribution < 1.29 is 4.79 Å².